The van der Waals surface area contributed by atoms with Crippen molar-refractivity contribution in [3.05, 3.63) is 23.8 Å². The van der Waals surface area contributed by atoms with Crippen LogP contribution < -0.4 is 0 Å². The van der Waals surface area contributed by atoms with Gasteiger partial charge < -0.3 is 10.2 Å². The van der Waals surface area contributed by atoms with Gasteiger partial charge in [-0.3, -0.25) is 9.59 Å². The van der Waals surface area contributed by atoms with Crippen molar-refractivity contribution in [2.45, 2.75) is 46.5 Å². The summed E-state index contributed by atoms with van der Waals surface area (Å²) < 4.78 is 0. The van der Waals surface area contributed by atoms with Gasteiger partial charge in [-0.15, -0.1) is 0 Å². The number of carbonyl (C=O) groups is 3. The van der Waals surface area contributed by atoms with Crippen molar-refractivity contribution in [1.29, 1.82) is 0 Å². The average Bonchev–Trinajstić information content (AvgIpc) is 2.33. The fourth-order valence-corrected chi connectivity index (χ4v) is 1.48. The highest BCUT2D eigenvalue weighted by Gasteiger charge is 2.13. The fraction of sp³-hybridized carbons (Fsp3) is 0.533. The first-order valence-electron chi connectivity index (χ1n) is 6.45. The smallest absolute Gasteiger partial charge is 0.372 e. The van der Waals surface area contributed by atoms with E-state index >= 15 is 0 Å². The van der Waals surface area contributed by atoms with Crippen LogP contribution in [-0.2, 0) is 14.4 Å². The van der Waals surface area contributed by atoms with Crippen LogP contribution in [0.3, 0.4) is 0 Å². The van der Waals surface area contributed by atoms with Gasteiger partial charge in [-0.2, -0.15) is 0 Å². The molecule has 0 aromatic heterocycles. The standard InChI is InChI=1S/C15H22O5/c1-11(6-7-13(17)18)8-10-15(2,3)9-4-5-12(16)14(19)20/h4,8-9H,5-7,10H2,1-3H3,(H,17,18)(H,19,20)/b9-4+,11-8+. The molecule has 0 aliphatic heterocycles. The van der Waals surface area contributed by atoms with E-state index in [0.29, 0.717) is 12.8 Å². The minimum atomic E-state index is -1.42. The van der Waals surface area contributed by atoms with Gasteiger partial charge in [0.2, 0.25) is 5.78 Å². The Kier molecular flexibility index (Phi) is 7.51. The molecule has 0 heterocycles. The first-order valence-corrected chi connectivity index (χ1v) is 6.45. The third-order valence-electron chi connectivity index (χ3n) is 2.82. The molecule has 0 aromatic rings. The van der Waals surface area contributed by atoms with E-state index in [0.717, 1.165) is 5.57 Å². The number of carboxylic acid groups (broad SMARTS) is 2. The van der Waals surface area contributed by atoms with Gasteiger partial charge in [0.1, 0.15) is 0 Å². The van der Waals surface area contributed by atoms with E-state index in [1.54, 1.807) is 6.08 Å². The van der Waals surface area contributed by atoms with E-state index in [1.165, 1.54) is 0 Å². The Bertz CT molecular complexity index is 430. The number of Topliss-reactive ketones (excluding diaryl/α,β-unsaturated/α-hetero) is 1. The van der Waals surface area contributed by atoms with Gasteiger partial charge in [-0.1, -0.05) is 37.6 Å². The molecule has 0 atom stereocenters. The summed E-state index contributed by atoms with van der Waals surface area (Å²) in [6.45, 7) is 5.82. The molecule has 5 nitrogen and oxygen atoms in total. The van der Waals surface area contributed by atoms with Crippen LogP contribution in [0.2, 0.25) is 0 Å². The van der Waals surface area contributed by atoms with Crippen LogP contribution in [0.25, 0.3) is 0 Å². The van der Waals surface area contributed by atoms with Gasteiger partial charge >= 0.3 is 11.9 Å². The Morgan fingerprint density at radius 3 is 2.20 bits per heavy atom. The van der Waals surface area contributed by atoms with Crippen LogP contribution in [0.1, 0.15) is 46.5 Å². The van der Waals surface area contributed by atoms with Crippen molar-refractivity contribution in [1.82, 2.24) is 0 Å². The molecular formula is C15H22O5. The second-order valence-corrected chi connectivity index (χ2v) is 5.47. The Labute approximate surface area is 119 Å². The molecule has 5 heteroatoms. The maximum Gasteiger partial charge on any atom is 0.372 e. The summed E-state index contributed by atoms with van der Waals surface area (Å²) in [4.78, 5) is 31.7. The van der Waals surface area contributed by atoms with Crippen molar-refractivity contribution in [2.24, 2.45) is 5.41 Å². The predicted molar refractivity (Wildman–Crippen MR) is 75.4 cm³/mol. The van der Waals surface area contributed by atoms with Crippen LogP contribution in [0.4, 0.5) is 0 Å². The number of rotatable bonds is 9. The van der Waals surface area contributed by atoms with Crippen molar-refractivity contribution >= 4 is 17.7 Å². The maximum absolute atomic E-state index is 10.9. The maximum atomic E-state index is 10.9. The molecule has 0 spiro atoms. The lowest BCUT2D eigenvalue weighted by atomic mass is 9.87. The highest BCUT2D eigenvalue weighted by molar-refractivity contribution is 6.33. The molecule has 0 bridgehead atoms. The quantitative estimate of drug-likeness (QED) is 0.501. The van der Waals surface area contributed by atoms with Gasteiger partial charge in [-0.05, 0) is 25.2 Å². The molecule has 0 aliphatic rings. The lowest BCUT2D eigenvalue weighted by Crippen LogP contribution is -2.11. The van der Waals surface area contributed by atoms with Gasteiger partial charge in [0, 0.05) is 12.8 Å². The number of hydrogen-bond acceptors (Lipinski definition) is 3. The molecule has 2 N–H and O–H groups in total. The lowest BCUT2D eigenvalue weighted by Gasteiger charge is -2.18. The van der Waals surface area contributed by atoms with E-state index in [1.807, 2.05) is 32.9 Å². The Morgan fingerprint density at radius 1 is 1.10 bits per heavy atom. The van der Waals surface area contributed by atoms with Gasteiger partial charge in [0.25, 0.3) is 0 Å². The minimum Gasteiger partial charge on any atom is -0.481 e. The van der Waals surface area contributed by atoms with Crippen LogP contribution >= 0.6 is 0 Å². The molecule has 0 amide bonds. The molecule has 0 saturated carbocycles. The fourth-order valence-electron chi connectivity index (χ4n) is 1.48. The summed E-state index contributed by atoms with van der Waals surface area (Å²) in [7, 11) is 0. The number of aliphatic carboxylic acids is 2. The lowest BCUT2D eigenvalue weighted by molar-refractivity contribution is -0.148. The van der Waals surface area contributed by atoms with E-state index in [-0.39, 0.29) is 18.3 Å². The van der Waals surface area contributed by atoms with Crippen LogP contribution in [-0.4, -0.2) is 27.9 Å². The highest BCUT2D eigenvalue weighted by atomic mass is 16.4. The number of hydrogen-bond donors (Lipinski definition) is 2. The molecule has 112 valence electrons. The molecular weight excluding hydrogens is 260 g/mol. The van der Waals surface area contributed by atoms with Crippen molar-refractivity contribution in [3.63, 3.8) is 0 Å². The molecule has 0 fully saturated rings. The van der Waals surface area contributed by atoms with E-state index in [4.69, 9.17) is 10.2 Å². The Balaban J connectivity index is 4.33. The highest BCUT2D eigenvalue weighted by Crippen LogP contribution is 2.24. The van der Waals surface area contributed by atoms with E-state index in [2.05, 4.69) is 0 Å². The third kappa shape index (κ3) is 9.08. The number of ketones is 1. The second-order valence-electron chi connectivity index (χ2n) is 5.47. The third-order valence-corrected chi connectivity index (χ3v) is 2.82. The van der Waals surface area contributed by atoms with Gasteiger partial charge in [0.15, 0.2) is 0 Å². The first-order chi connectivity index (χ1) is 9.14. The SMILES string of the molecule is C/C(=C\CC(C)(C)/C=C/CC(=O)C(=O)O)CCC(=O)O. The second kappa shape index (κ2) is 8.30. The van der Waals surface area contributed by atoms with Crippen molar-refractivity contribution in [3.8, 4) is 0 Å². The monoisotopic (exact) mass is 282 g/mol. The summed E-state index contributed by atoms with van der Waals surface area (Å²) in [5, 5.41) is 17.0. The first kappa shape index (κ1) is 18.1. The summed E-state index contributed by atoms with van der Waals surface area (Å²) in [6, 6.07) is 0. The average molecular weight is 282 g/mol. The number of carbonyl (C=O) groups excluding carboxylic acids is 1. The molecule has 0 rings (SSSR count). The molecule has 0 radical (unpaired) electrons. The molecule has 20 heavy (non-hydrogen) atoms. The number of carboxylic acids is 2. The zero-order valence-corrected chi connectivity index (χ0v) is 12.2. The van der Waals surface area contributed by atoms with Crippen molar-refractivity contribution < 1.29 is 24.6 Å². The summed E-state index contributed by atoms with van der Waals surface area (Å²) in [6.07, 6.45) is 6.59. The topological polar surface area (TPSA) is 91.7 Å². The predicted octanol–water partition coefficient (Wildman–Crippen LogP) is 2.81. The Morgan fingerprint density at radius 2 is 1.70 bits per heavy atom. The largest absolute Gasteiger partial charge is 0.481 e. The molecule has 0 aliphatic carbocycles. The van der Waals surface area contributed by atoms with E-state index in [9.17, 15) is 14.4 Å². The van der Waals surface area contributed by atoms with Gasteiger partial charge in [-0.25, -0.2) is 4.79 Å². The summed E-state index contributed by atoms with van der Waals surface area (Å²) in [5.41, 5.74) is 0.805. The molecule has 0 saturated heterocycles. The van der Waals surface area contributed by atoms with Gasteiger partial charge in [0.05, 0.1) is 0 Å². The van der Waals surface area contributed by atoms with Crippen LogP contribution in [0, 0.1) is 5.41 Å². The minimum absolute atomic E-state index is 0.111. The van der Waals surface area contributed by atoms with Crippen LogP contribution in [0.5, 0.6) is 0 Å². The molecule has 0 unspecified atom stereocenters. The number of allylic oxidation sites excluding steroid dienone is 4. The summed E-state index contributed by atoms with van der Waals surface area (Å²) >= 11 is 0. The molecule has 0 aromatic carbocycles. The zero-order chi connectivity index (χ0) is 15.8. The van der Waals surface area contributed by atoms with E-state index < -0.39 is 17.7 Å². The Hall–Kier alpha value is -1.91. The summed E-state index contributed by atoms with van der Waals surface area (Å²) in [5.74, 6) is -3.06. The van der Waals surface area contributed by atoms with Crippen molar-refractivity contribution in [2.75, 3.05) is 0 Å². The zero-order valence-electron chi connectivity index (χ0n) is 12.2. The van der Waals surface area contributed by atoms with Crippen LogP contribution in [0.15, 0.2) is 23.8 Å². The normalized spacial score (nSPS) is 12.7.